The number of nitrogens with one attached hydrogen (secondary N) is 1. The van der Waals surface area contributed by atoms with Crippen LogP contribution >= 0.6 is 11.8 Å². The van der Waals surface area contributed by atoms with Crippen molar-refractivity contribution >= 4 is 30.4 Å². The van der Waals surface area contributed by atoms with Gasteiger partial charge < -0.3 is 45.4 Å². The summed E-state index contributed by atoms with van der Waals surface area (Å²) in [6.45, 7) is 7.96. The van der Waals surface area contributed by atoms with Crippen LogP contribution in [0.4, 0.5) is 0 Å². The van der Waals surface area contributed by atoms with Crippen LogP contribution < -0.4 is 45.7 Å². The van der Waals surface area contributed by atoms with Gasteiger partial charge in [-0.25, -0.2) is 0 Å². The molecule has 0 radical (unpaired) electrons. The van der Waals surface area contributed by atoms with Crippen molar-refractivity contribution in [2.24, 2.45) is 5.73 Å². The number of carbonyl (C=O) groups excluding carboxylic acids is 3. The van der Waals surface area contributed by atoms with E-state index in [1.165, 1.54) is 14.0 Å². The molecule has 10 nitrogen and oxygen atoms in total. The molecule has 3 rings (SSSR count). The molecule has 5 N–H and O–H groups in total. The molecule has 44 heavy (non-hydrogen) atoms. The van der Waals surface area contributed by atoms with Crippen LogP contribution in [0.15, 0.2) is 54.6 Å². The Labute approximate surface area is 289 Å². The summed E-state index contributed by atoms with van der Waals surface area (Å²) < 4.78 is 11.6. The number of carbonyl (C=O) groups is 3. The van der Waals surface area contributed by atoms with Gasteiger partial charge in [0.2, 0.25) is 0 Å². The number of nitrogens with two attached hydrogens (primary N) is 1. The van der Waals surface area contributed by atoms with E-state index < -0.39 is 31.1 Å². The van der Waals surface area contributed by atoms with Crippen molar-refractivity contribution in [3.8, 4) is 11.1 Å². The molecule has 0 aromatic heterocycles. The van der Waals surface area contributed by atoms with Gasteiger partial charge in [0.15, 0.2) is 6.29 Å². The van der Waals surface area contributed by atoms with Crippen molar-refractivity contribution in [2.75, 3.05) is 31.7 Å². The number of rotatable bonds is 12. The van der Waals surface area contributed by atoms with E-state index in [0.717, 1.165) is 35.3 Å². The Morgan fingerprint density at radius 2 is 1.66 bits per heavy atom. The first-order valence-electron chi connectivity index (χ1n) is 14.6. The van der Waals surface area contributed by atoms with Gasteiger partial charge in [0.1, 0.15) is 6.29 Å². The third-order valence-electron chi connectivity index (χ3n) is 5.65. The van der Waals surface area contributed by atoms with Crippen LogP contribution in [0.25, 0.3) is 11.1 Å². The first-order chi connectivity index (χ1) is 20.9. The fraction of sp³-hybridized carbons (Fsp3) is 0.531. The number of aldehydes is 1. The quantitative estimate of drug-likeness (QED) is 0.140. The number of hydrogen-bond acceptors (Lipinski definition) is 10. The standard InChI is InChI=1S/C26H35NO5S.C2H4O.C2H6.CH5N.CH2O2.Na/c1-2-33-16-6-15-31-25-18-22(28)17-24(32-25)23(29)13-14-27-26(30)21-11-9-20(10-12-21)19-7-4-3-5-8-19;1-2-3;2*1-2;2-1-3;/h3-5,7-12,22-25,28-29H,2,6,13-18H2,1H3,(H,27,30);2H,1H3;1-2H3;2H2,1H3;1H,(H,2,3);/q;;;;;+1/p-1. The molecule has 1 saturated heterocycles. The van der Waals surface area contributed by atoms with Crippen LogP contribution in [-0.4, -0.2) is 85.2 Å². The van der Waals surface area contributed by atoms with E-state index in [9.17, 15) is 15.0 Å². The minimum Gasteiger partial charge on any atom is -0.554 e. The van der Waals surface area contributed by atoms with Gasteiger partial charge in [0.25, 0.3) is 5.91 Å². The summed E-state index contributed by atoms with van der Waals surface area (Å²) in [5.41, 5.74) is 7.23. The molecule has 1 aliphatic rings. The van der Waals surface area contributed by atoms with Gasteiger partial charge in [-0.15, -0.1) is 0 Å². The van der Waals surface area contributed by atoms with Crippen LogP contribution in [0, 0.1) is 0 Å². The van der Waals surface area contributed by atoms with Crippen molar-refractivity contribution in [1.82, 2.24) is 5.32 Å². The first kappa shape index (κ1) is 46.6. The van der Waals surface area contributed by atoms with E-state index in [0.29, 0.717) is 38.0 Å². The molecule has 1 heterocycles. The maximum absolute atomic E-state index is 12.5. The van der Waals surface area contributed by atoms with Gasteiger partial charge in [0, 0.05) is 31.4 Å². The Morgan fingerprint density at radius 3 is 2.20 bits per heavy atom. The Hall–Kier alpha value is -1.80. The second kappa shape index (κ2) is 32.6. The number of aliphatic hydroxyl groups is 2. The molecule has 0 spiro atoms. The van der Waals surface area contributed by atoms with Gasteiger partial charge >= 0.3 is 29.6 Å². The zero-order chi connectivity index (χ0) is 32.9. The number of amides is 1. The van der Waals surface area contributed by atoms with E-state index in [2.05, 4.69) is 18.0 Å². The molecule has 1 aliphatic heterocycles. The molecule has 0 saturated carbocycles. The average molecular weight is 647 g/mol. The summed E-state index contributed by atoms with van der Waals surface area (Å²) in [4.78, 5) is 29.5. The number of benzene rings is 2. The number of ether oxygens (including phenoxy) is 2. The minimum atomic E-state index is -0.789. The summed E-state index contributed by atoms with van der Waals surface area (Å²) in [7, 11) is 1.50. The smallest absolute Gasteiger partial charge is 0.554 e. The van der Waals surface area contributed by atoms with Crippen LogP contribution in [0.2, 0.25) is 0 Å². The summed E-state index contributed by atoms with van der Waals surface area (Å²) >= 11 is 1.87. The molecule has 1 amide bonds. The molecule has 0 aliphatic carbocycles. The second-order valence-electron chi connectivity index (χ2n) is 8.54. The van der Waals surface area contributed by atoms with Gasteiger partial charge in [-0.05, 0) is 61.6 Å². The Balaban J connectivity index is -0.00000136. The molecule has 4 atom stereocenters. The van der Waals surface area contributed by atoms with Crippen molar-refractivity contribution in [1.29, 1.82) is 0 Å². The maximum atomic E-state index is 12.5. The predicted octanol–water partition coefficient (Wildman–Crippen LogP) is 0.0366. The summed E-state index contributed by atoms with van der Waals surface area (Å²) in [5.74, 6) is 1.94. The fourth-order valence-electron chi connectivity index (χ4n) is 3.83. The monoisotopic (exact) mass is 646 g/mol. The zero-order valence-electron chi connectivity index (χ0n) is 27.1. The topological polar surface area (TPSA) is 171 Å². The van der Waals surface area contributed by atoms with Gasteiger partial charge in [-0.1, -0.05) is 63.2 Å². The van der Waals surface area contributed by atoms with Gasteiger partial charge in [-0.3, -0.25) is 4.79 Å². The average Bonchev–Trinajstić information content (AvgIpc) is 3.04. The molecule has 4 unspecified atom stereocenters. The summed E-state index contributed by atoms with van der Waals surface area (Å²) in [6.07, 6.45) is 0.434. The van der Waals surface area contributed by atoms with Crippen LogP contribution in [0.1, 0.15) is 63.7 Å². The van der Waals surface area contributed by atoms with E-state index in [4.69, 9.17) is 24.2 Å². The van der Waals surface area contributed by atoms with Crippen molar-refractivity contribution in [2.45, 2.75) is 78.0 Å². The number of thioether (sulfide) groups is 1. The fourth-order valence-corrected chi connectivity index (χ4v) is 4.44. The van der Waals surface area contributed by atoms with Crippen molar-refractivity contribution < 1.29 is 68.7 Å². The molecule has 244 valence electrons. The molecule has 12 heteroatoms. The van der Waals surface area contributed by atoms with E-state index in [1.54, 1.807) is 12.1 Å². The van der Waals surface area contributed by atoms with E-state index >= 15 is 0 Å². The maximum Gasteiger partial charge on any atom is 1.00 e. The molecule has 1 fully saturated rings. The van der Waals surface area contributed by atoms with Crippen LogP contribution in [-0.2, 0) is 19.1 Å². The first-order valence-corrected chi connectivity index (χ1v) is 15.7. The van der Waals surface area contributed by atoms with Crippen molar-refractivity contribution in [3.63, 3.8) is 0 Å². The SMILES string of the molecule is CC.CC=O.CCSCCCOC1CC(O)CC(C(O)CCNC(=O)c2ccc(-c3ccccc3)cc2)O1.CN.O=C[O-].[Na+]. The molecular formula is C32H51N2NaO8S. The number of carboxylic acid groups (broad SMARTS) is 1. The zero-order valence-corrected chi connectivity index (χ0v) is 30.0. The van der Waals surface area contributed by atoms with E-state index in [1.807, 2.05) is 68.1 Å². The number of hydrogen-bond donors (Lipinski definition) is 4. The Morgan fingerprint density at radius 1 is 1.11 bits per heavy atom. The Kier molecular flexibility index (Phi) is 34.5. The second-order valence-corrected chi connectivity index (χ2v) is 9.93. The third-order valence-corrected chi connectivity index (χ3v) is 6.63. The number of aliphatic hydroxyl groups excluding tert-OH is 2. The molecule has 0 bridgehead atoms. The molecular weight excluding hydrogens is 595 g/mol. The van der Waals surface area contributed by atoms with Gasteiger partial charge in [0.05, 0.1) is 24.9 Å². The normalized spacial score (nSPS) is 17.0. The van der Waals surface area contributed by atoms with Gasteiger partial charge in [-0.2, -0.15) is 11.8 Å². The summed E-state index contributed by atoms with van der Waals surface area (Å²) in [5, 5.41) is 31.8. The summed E-state index contributed by atoms with van der Waals surface area (Å²) in [6, 6.07) is 17.5. The van der Waals surface area contributed by atoms with Crippen LogP contribution in [0.5, 0.6) is 0 Å². The van der Waals surface area contributed by atoms with E-state index in [-0.39, 0.29) is 35.5 Å². The predicted molar refractivity (Wildman–Crippen MR) is 172 cm³/mol. The molecule has 2 aromatic carbocycles. The Bertz CT molecular complexity index is 936. The molecule has 2 aromatic rings. The largest absolute Gasteiger partial charge is 1.00 e. The van der Waals surface area contributed by atoms with Crippen LogP contribution in [0.3, 0.4) is 0 Å². The van der Waals surface area contributed by atoms with Crippen molar-refractivity contribution in [3.05, 3.63) is 60.2 Å². The third kappa shape index (κ3) is 21.8. The minimum absolute atomic E-state index is 0.